The monoisotopic (exact) mass is 389 g/mol. The lowest BCUT2D eigenvalue weighted by molar-refractivity contribution is 0.312. The van der Waals surface area contributed by atoms with Crippen LogP contribution in [0, 0.1) is 11.8 Å². The highest BCUT2D eigenvalue weighted by Gasteiger charge is 2.36. The van der Waals surface area contributed by atoms with Gasteiger partial charge in [-0.2, -0.15) is 0 Å². The van der Waals surface area contributed by atoms with E-state index in [2.05, 4.69) is 22.1 Å². The van der Waals surface area contributed by atoms with E-state index in [4.69, 9.17) is 4.74 Å². The number of hydrogen-bond acceptors (Lipinski definition) is 5. The van der Waals surface area contributed by atoms with Crippen LogP contribution in [-0.4, -0.2) is 35.5 Å². The molecule has 2 fully saturated rings. The molecular formula is C24H27N3O2. The van der Waals surface area contributed by atoms with Gasteiger partial charge in [-0.3, -0.25) is 0 Å². The van der Waals surface area contributed by atoms with Crippen molar-refractivity contribution >= 4 is 16.6 Å². The normalized spacial score (nSPS) is 23.3. The number of fused-ring (bicyclic) bond motifs is 3. The van der Waals surface area contributed by atoms with Gasteiger partial charge in [0.1, 0.15) is 11.5 Å². The van der Waals surface area contributed by atoms with E-state index in [9.17, 15) is 5.11 Å². The Morgan fingerprint density at radius 1 is 0.931 bits per heavy atom. The molecule has 0 spiro atoms. The predicted molar refractivity (Wildman–Crippen MR) is 115 cm³/mol. The largest absolute Gasteiger partial charge is 0.507 e. The van der Waals surface area contributed by atoms with Gasteiger partial charge in [0.25, 0.3) is 0 Å². The van der Waals surface area contributed by atoms with E-state index in [1.54, 1.807) is 13.2 Å². The Balaban J connectivity index is 1.40. The molecular weight excluding hydrogens is 362 g/mol. The first-order valence-corrected chi connectivity index (χ1v) is 10.5. The smallest absolute Gasteiger partial charge is 0.151 e. The molecule has 3 aromatic rings. The SMILES string of the molecule is COc1ccc2cc(-c3ccc(N(C)C4C[C@H]5CC[C@@H](C4)C5)nn3)c(O)cc2c1. The van der Waals surface area contributed by atoms with E-state index in [0.717, 1.165) is 34.2 Å². The standard InChI is InChI=1S/C24H27N3O2/c1-27(19-10-15-3-4-16(9-15)11-19)24-8-7-22(25-26-24)21-13-17-5-6-20(29-2)12-18(17)14-23(21)28/h5-8,12-16,19,28H,3-4,9-11H2,1-2H3/t15-,16+,19?. The highest BCUT2D eigenvalue weighted by molar-refractivity contribution is 5.90. The van der Waals surface area contributed by atoms with Gasteiger partial charge in [0.2, 0.25) is 0 Å². The molecule has 1 N–H and O–H groups in total. The van der Waals surface area contributed by atoms with Crippen molar-refractivity contribution in [3.63, 3.8) is 0 Å². The second-order valence-electron chi connectivity index (χ2n) is 8.64. The van der Waals surface area contributed by atoms with Gasteiger partial charge in [0.15, 0.2) is 5.82 Å². The van der Waals surface area contributed by atoms with Gasteiger partial charge in [0, 0.05) is 18.7 Å². The molecule has 0 radical (unpaired) electrons. The van der Waals surface area contributed by atoms with Crippen LogP contribution in [-0.2, 0) is 0 Å². The molecule has 1 aromatic heterocycles. The molecule has 1 unspecified atom stereocenters. The number of benzene rings is 2. The number of hydrogen-bond donors (Lipinski definition) is 1. The number of phenolic OH excluding ortho intramolecular Hbond substituents is 1. The van der Waals surface area contributed by atoms with Crippen LogP contribution >= 0.6 is 0 Å². The van der Waals surface area contributed by atoms with Crippen LogP contribution in [0.15, 0.2) is 42.5 Å². The Kier molecular flexibility index (Phi) is 4.53. The van der Waals surface area contributed by atoms with Gasteiger partial charge in [-0.1, -0.05) is 18.9 Å². The minimum atomic E-state index is 0.199. The second-order valence-corrected chi connectivity index (χ2v) is 8.64. The molecule has 0 aliphatic heterocycles. The molecule has 2 aromatic carbocycles. The van der Waals surface area contributed by atoms with E-state index >= 15 is 0 Å². The first-order chi connectivity index (χ1) is 14.1. The van der Waals surface area contributed by atoms with Crippen LogP contribution in [0.2, 0.25) is 0 Å². The van der Waals surface area contributed by atoms with Crippen molar-refractivity contribution in [1.29, 1.82) is 0 Å². The van der Waals surface area contributed by atoms with Gasteiger partial charge < -0.3 is 14.7 Å². The molecule has 2 aliphatic carbocycles. The summed E-state index contributed by atoms with van der Waals surface area (Å²) in [7, 11) is 3.78. The first kappa shape index (κ1) is 18.2. The van der Waals surface area contributed by atoms with E-state index in [1.807, 2.05) is 36.4 Å². The summed E-state index contributed by atoms with van der Waals surface area (Å²) < 4.78 is 5.27. The lowest BCUT2D eigenvalue weighted by atomic mass is 9.85. The summed E-state index contributed by atoms with van der Waals surface area (Å²) >= 11 is 0. The van der Waals surface area contributed by atoms with Crippen LogP contribution in [0.3, 0.4) is 0 Å². The first-order valence-electron chi connectivity index (χ1n) is 10.5. The molecule has 2 saturated carbocycles. The van der Waals surface area contributed by atoms with Crippen LogP contribution < -0.4 is 9.64 Å². The number of aromatic hydroxyl groups is 1. The minimum absolute atomic E-state index is 0.199. The molecule has 5 heteroatoms. The minimum Gasteiger partial charge on any atom is -0.507 e. The zero-order valence-electron chi connectivity index (χ0n) is 17.0. The fourth-order valence-electron chi connectivity index (χ4n) is 5.23. The van der Waals surface area contributed by atoms with Crippen LogP contribution in [0.1, 0.15) is 32.1 Å². The third-order valence-corrected chi connectivity index (χ3v) is 6.86. The van der Waals surface area contributed by atoms with Crippen molar-refractivity contribution in [3.05, 3.63) is 42.5 Å². The zero-order valence-corrected chi connectivity index (χ0v) is 17.0. The number of aromatic nitrogens is 2. The van der Waals surface area contributed by atoms with E-state index in [1.165, 1.54) is 32.1 Å². The molecule has 0 saturated heterocycles. The molecule has 5 rings (SSSR count). The second kappa shape index (κ2) is 7.21. The maximum Gasteiger partial charge on any atom is 0.151 e. The number of rotatable bonds is 4. The van der Waals surface area contributed by atoms with Gasteiger partial charge in [-0.05, 0) is 78.3 Å². The zero-order chi connectivity index (χ0) is 20.0. The Morgan fingerprint density at radius 3 is 2.41 bits per heavy atom. The number of phenols is 1. The van der Waals surface area contributed by atoms with E-state index in [-0.39, 0.29) is 5.75 Å². The summed E-state index contributed by atoms with van der Waals surface area (Å²) in [6.45, 7) is 0. The lowest BCUT2D eigenvalue weighted by Crippen LogP contribution is -2.37. The summed E-state index contributed by atoms with van der Waals surface area (Å²) in [6, 6.07) is 14.1. The number of methoxy groups -OCH3 is 1. The summed E-state index contributed by atoms with van der Waals surface area (Å²) in [6.07, 6.45) is 6.75. The maximum atomic E-state index is 10.6. The number of ether oxygens (including phenoxy) is 1. The van der Waals surface area contributed by atoms with E-state index in [0.29, 0.717) is 17.3 Å². The Morgan fingerprint density at radius 2 is 1.72 bits per heavy atom. The average Bonchev–Trinajstić information content (AvgIpc) is 3.09. The van der Waals surface area contributed by atoms with Crippen molar-refractivity contribution in [2.45, 2.75) is 38.1 Å². The third-order valence-electron chi connectivity index (χ3n) is 6.86. The van der Waals surface area contributed by atoms with Crippen LogP contribution in [0.4, 0.5) is 5.82 Å². The third kappa shape index (κ3) is 3.39. The molecule has 3 atom stereocenters. The fraction of sp³-hybridized carbons (Fsp3) is 0.417. The molecule has 2 bridgehead atoms. The van der Waals surface area contributed by atoms with Gasteiger partial charge in [-0.25, -0.2) is 0 Å². The fourth-order valence-corrected chi connectivity index (χ4v) is 5.23. The summed E-state index contributed by atoms with van der Waals surface area (Å²) in [5, 5.41) is 21.5. The Bertz CT molecular complexity index is 1020. The quantitative estimate of drug-likeness (QED) is 0.678. The molecule has 150 valence electrons. The van der Waals surface area contributed by atoms with E-state index < -0.39 is 0 Å². The molecule has 2 aliphatic rings. The lowest BCUT2D eigenvalue weighted by Gasteiger charge is -2.35. The van der Waals surface area contributed by atoms with Gasteiger partial charge in [-0.15, -0.1) is 10.2 Å². The van der Waals surface area contributed by atoms with Crippen molar-refractivity contribution < 1.29 is 9.84 Å². The number of anilines is 1. The predicted octanol–water partition coefficient (Wildman–Crippen LogP) is 5.03. The Labute approximate surface area is 171 Å². The highest BCUT2D eigenvalue weighted by atomic mass is 16.5. The van der Waals surface area contributed by atoms with Crippen LogP contribution in [0.5, 0.6) is 11.5 Å². The highest BCUT2D eigenvalue weighted by Crippen LogP contribution is 2.44. The number of nitrogens with zero attached hydrogens (tertiary/aromatic N) is 3. The van der Waals surface area contributed by atoms with Crippen molar-refractivity contribution in [2.24, 2.45) is 11.8 Å². The molecule has 5 nitrogen and oxygen atoms in total. The molecule has 29 heavy (non-hydrogen) atoms. The average molecular weight is 389 g/mol. The van der Waals surface area contributed by atoms with Crippen molar-refractivity contribution in [2.75, 3.05) is 19.1 Å². The van der Waals surface area contributed by atoms with Crippen LogP contribution in [0.25, 0.3) is 22.0 Å². The van der Waals surface area contributed by atoms with Crippen molar-refractivity contribution in [3.8, 4) is 22.8 Å². The summed E-state index contributed by atoms with van der Waals surface area (Å²) in [5.41, 5.74) is 1.38. The topological polar surface area (TPSA) is 58.5 Å². The van der Waals surface area contributed by atoms with Gasteiger partial charge in [0.05, 0.1) is 12.8 Å². The summed E-state index contributed by atoms with van der Waals surface area (Å²) in [5.74, 6) is 3.66. The van der Waals surface area contributed by atoms with Crippen molar-refractivity contribution in [1.82, 2.24) is 10.2 Å². The van der Waals surface area contributed by atoms with Gasteiger partial charge >= 0.3 is 0 Å². The molecule has 1 heterocycles. The Hall–Kier alpha value is -2.82. The molecule has 0 amide bonds. The summed E-state index contributed by atoms with van der Waals surface area (Å²) in [4.78, 5) is 2.30. The maximum absolute atomic E-state index is 10.6.